The van der Waals surface area contributed by atoms with E-state index in [1.54, 1.807) is 20.8 Å². The maximum absolute atomic E-state index is 13.3. The van der Waals surface area contributed by atoms with Gasteiger partial charge in [-0.1, -0.05) is 38.2 Å². The van der Waals surface area contributed by atoms with Gasteiger partial charge in [0, 0.05) is 12.0 Å². The Hall–Kier alpha value is -2.35. The lowest BCUT2D eigenvalue weighted by Crippen LogP contribution is -2.55. The maximum Gasteiger partial charge on any atom is 0.317 e. The van der Waals surface area contributed by atoms with Gasteiger partial charge in [-0.25, -0.2) is 9.40 Å². The summed E-state index contributed by atoms with van der Waals surface area (Å²) in [6.07, 6.45) is 5.02. The number of hydrazine groups is 1. The summed E-state index contributed by atoms with van der Waals surface area (Å²) in [7, 11) is 0. The Morgan fingerprint density at radius 3 is 2.52 bits per heavy atom. The molecule has 1 aromatic carbocycles. The van der Waals surface area contributed by atoms with Crippen LogP contribution in [0.2, 0.25) is 0 Å². The Bertz CT molecular complexity index is 654. The average molecular weight is 346 g/mol. The molecule has 0 spiro atoms. The van der Waals surface area contributed by atoms with Gasteiger partial charge >= 0.3 is 5.91 Å². The molecule has 0 aromatic heterocycles. The van der Waals surface area contributed by atoms with E-state index in [9.17, 15) is 14.0 Å². The van der Waals surface area contributed by atoms with Crippen LogP contribution in [0.1, 0.15) is 70.2 Å². The fourth-order valence-electron chi connectivity index (χ4n) is 2.15. The summed E-state index contributed by atoms with van der Waals surface area (Å²) < 4.78 is 13.3. The second-order valence-electron chi connectivity index (χ2n) is 6.88. The second-order valence-corrected chi connectivity index (χ2v) is 6.88. The van der Waals surface area contributed by atoms with E-state index in [-0.39, 0.29) is 5.56 Å². The van der Waals surface area contributed by atoms with Crippen molar-refractivity contribution in [1.82, 2.24) is 10.4 Å². The third-order valence-electron chi connectivity index (χ3n) is 3.52. The van der Waals surface area contributed by atoms with Crippen LogP contribution in [0.3, 0.4) is 0 Å². The average Bonchev–Trinajstić information content (AvgIpc) is 2.54. The van der Waals surface area contributed by atoms with Crippen molar-refractivity contribution in [3.8, 4) is 11.8 Å². The number of rotatable bonds is 5. The third kappa shape index (κ3) is 7.38. The molecule has 25 heavy (non-hydrogen) atoms. The number of carbonyl (C=O) groups excluding carboxylic acids is 2. The fourth-order valence-corrected chi connectivity index (χ4v) is 2.15. The van der Waals surface area contributed by atoms with Crippen molar-refractivity contribution in [1.29, 1.82) is 0 Å². The molecule has 0 atom stereocenters. The van der Waals surface area contributed by atoms with E-state index in [4.69, 9.17) is 0 Å². The number of hydrogen-bond acceptors (Lipinski definition) is 2. The van der Waals surface area contributed by atoms with E-state index in [1.807, 2.05) is 0 Å². The third-order valence-corrected chi connectivity index (χ3v) is 3.52. The van der Waals surface area contributed by atoms with Crippen molar-refractivity contribution in [2.24, 2.45) is 0 Å². The van der Waals surface area contributed by atoms with Gasteiger partial charge in [0.1, 0.15) is 5.82 Å². The van der Waals surface area contributed by atoms with E-state index in [1.165, 1.54) is 23.2 Å². The molecule has 136 valence electrons. The Morgan fingerprint density at radius 1 is 1.20 bits per heavy atom. The lowest BCUT2D eigenvalue weighted by molar-refractivity contribution is -0.132. The molecule has 0 aliphatic heterocycles. The molecular formula is C20H27FN2O2. The minimum absolute atomic E-state index is 0.148. The molecule has 0 bridgehead atoms. The number of unbranched alkanes of at least 4 members (excludes halogenated alkanes) is 4. The smallest absolute Gasteiger partial charge is 0.267 e. The zero-order chi connectivity index (χ0) is 18.9. The molecule has 0 saturated heterocycles. The van der Waals surface area contributed by atoms with Crippen LogP contribution in [0.5, 0.6) is 0 Å². The summed E-state index contributed by atoms with van der Waals surface area (Å²) >= 11 is 0. The van der Waals surface area contributed by atoms with Crippen molar-refractivity contribution < 1.29 is 14.0 Å². The molecule has 5 heteroatoms. The minimum atomic E-state index is -0.656. The molecule has 0 unspecified atom stereocenters. The number of amides is 2. The lowest BCUT2D eigenvalue weighted by atomic mass is 10.1. The van der Waals surface area contributed by atoms with E-state index in [0.717, 1.165) is 31.7 Å². The van der Waals surface area contributed by atoms with Gasteiger partial charge < -0.3 is 0 Å². The first-order valence-electron chi connectivity index (χ1n) is 8.65. The van der Waals surface area contributed by atoms with Crippen LogP contribution in [0, 0.1) is 17.7 Å². The van der Waals surface area contributed by atoms with Gasteiger partial charge in [-0.2, -0.15) is 0 Å². The summed E-state index contributed by atoms with van der Waals surface area (Å²) in [5.41, 5.74) is 2.03. The van der Waals surface area contributed by atoms with Crippen molar-refractivity contribution >= 4 is 11.8 Å². The predicted octanol–water partition coefficient (Wildman–Crippen LogP) is 4.07. The van der Waals surface area contributed by atoms with Crippen LogP contribution in [-0.2, 0) is 4.79 Å². The molecule has 4 nitrogen and oxygen atoms in total. The van der Waals surface area contributed by atoms with Crippen molar-refractivity contribution in [3.05, 3.63) is 35.6 Å². The summed E-state index contributed by atoms with van der Waals surface area (Å²) in [5, 5.41) is 1.19. The normalized spacial score (nSPS) is 10.6. The SMILES string of the molecule is CCCCCCC#CC(=O)N(NC(=O)c1cccc(F)c1)C(C)(C)C. The lowest BCUT2D eigenvalue weighted by Gasteiger charge is -2.33. The number of carbonyl (C=O) groups is 2. The number of hydrogen-bond donors (Lipinski definition) is 1. The number of halogens is 1. The standard InChI is InChI=1S/C20H27FN2O2/c1-5-6-7-8-9-10-14-18(24)23(20(2,3)4)22-19(25)16-12-11-13-17(21)15-16/h11-13,15H,5-9H2,1-4H3,(H,22,25). The van der Waals surface area contributed by atoms with E-state index in [0.29, 0.717) is 6.42 Å². The largest absolute Gasteiger partial charge is 0.317 e. The van der Waals surface area contributed by atoms with Crippen LogP contribution in [0.15, 0.2) is 24.3 Å². The van der Waals surface area contributed by atoms with E-state index in [2.05, 4.69) is 24.2 Å². The monoisotopic (exact) mass is 346 g/mol. The molecule has 2 amide bonds. The first-order valence-corrected chi connectivity index (χ1v) is 8.65. The van der Waals surface area contributed by atoms with Crippen LogP contribution >= 0.6 is 0 Å². The molecule has 0 aliphatic rings. The fraction of sp³-hybridized carbons (Fsp3) is 0.500. The molecule has 1 rings (SSSR count). The number of benzene rings is 1. The van der Waals surface area contributed by atoms with Crippen molar-refractivity contribution in [2.75, 3.05) is 0 Å². The van der Waals surface area contributed by atoms with Crippen LogP contribution in [0.4, 0.5) is 4.39 Å². The summed E-state index contributed by atoms with van der Waals surface area (Å²) in [6.45, 7) is 7.51. The Kier molecular flexibility index (Phi) is 8.13. The van der Waals surface area contributed by atoms with Gasteiger partial charge in [0.25, 0.3) is 5.91 Å². The minimum Gasteiger partial charge on any atom is -0.267 e. The van der Waals surface area contributed by atoms with Gasteiger partial charge in [0.05, 0.1) is 5.54 Å². The second kappa shape index (κ2) is 9.83. The highest BCUT2D eigenvalue weighted by Gasteiger charge is 2.27. The zero-order valence-corrected chi connectivity index (χ0v) is 15.5. The highest BCUT2D eigenvalue weighted by atomic mass is 19.1. The molecule has 0 fully saturated rings. The van der Waals surface area contributed by atoms with Gasteiger partial charge in [0.15, 0.2) is 0 Å². The molecule has 0 radical (unpaired) electrons. The van der Waals surface area contributed by atoms with Gasteiger partial charge in [0.2, 0.25) is 0 Å². The van der Waals surface area contributed by atoms with Gasteiger partial charge in [-0.3, -0.25) is 15.0 Å². The first-order chi connectivity index (χ1) is 11.8. The van der Waals surface area contributed by atoms with E-state index >= 15 is 0 Å². The topological polar surface area (TPSA) is 49.4 Å². The maximum atomic E-state index is 13.3. The highest BCUT2D eigenvalue weighted by Crippen LogP contribution is 2.12. The Morgan fingerprint density at radius 2 is 1.92 bits per heavy atom. The first kappa shape index (κ1) is 20.7. The molecular weight excluding hydrogens is 319 g/mol. The Labute approximate surface area is 149 Å². The van der Waals surface area contributed by atoms with Crippen molar-refractivity contribution in [3.63, 3.8) is 0 Å². The van der Waals surface area contributed by atoms with Gasteiger partial charge in [-0.05, 0) is 51.3 Å². The van der Waals surface area contributed by atoms with E-state index < -0.39 is 23.2 Å². The van der Waals surface area contributed by atoms with Crippen LogP contribution in [0.25, 0.3) is 0 Å². The zero-order valence-electron chi connectivity index (χ0n) is 15.5. The molecule has 1 aromatic rings. The summed E-state index contributed by atoms with van der Waals surface area (Å²) in [5.74, 6) is 3.92. The highest BCUT2D eigenvalue weighted by molar-refractivity contribution is 5.99. The Balaban J connectivity index is 2.76. The van der Waals surface area contributed by atoms with Gasteiger partial charge in [-0.15, -0.1) is 0 Å². The van der Waals surface area contributed by atoms with Crippen LogP contribution < -0.4 is 5.43 Å². The predicted molar refractivity (Wildman–Crippen MR) is 97.0 cm³/mol. The number of nitrogens with zero attached hydrogens (tertiary/aromatic N) is 1. The molecule has 0 aliphatic carbocycles. The van der Waals surface area contributed by atoms with Crippen LogP contribution in [-0.4, -0.2) is 22.4 Å². The molecule has 0 saturated carbocycles. The molecule has 1 N–H and O–H groups in total. The summed E-state index contributed by atoms with van der Waals surface area (Å²) in [6, 6.07) is 5.32. The molecule has 0 heterocycles. The van der Waals surface area contributed by atoms with Crippen molar-refractivity contribution in [2.45, 2.75) is 65.3 Å². The quantitative estimate of drug-likeness (QED) is 0.496. The summed E-state index contributed by atoms with van der Waals surface area (Å²) in [4.78, 5) is 24.7. The number of nitrogens with one attached hydrogen (secondary N) is 1.